The molecule has 58 valence electrons. The van der Waals surface area contributed by atoms with Crippen molar-refractivity contribution in [2.45, 2.75) is 12.5 Å². The summed E-state index contributed by atoms with van der Waals surface area (Å²) in [7, 11) is 2.15. The zero-order valence-corrected chi connectivity index (χ0v) is 6.29. The van der Waals surface area contributed by atoms with E-state index in [1.165, 1.54) is 13.0 Å². The molecule has 3 atom stereocenters. The average molecular weight is 142 g/mol. The molecule has 1 heterocycles. The van der Waals surface area contributed by atoms with Gasteiger partial charge in [0, 0.05) is 12.6 Å². The molecule has 2 fully saturated rings. The number of hydrogen-bond donors (Lipinski definition) is 1. The van der Waals surface area contributed by atoms with Crippen LogP contribution in [0.5, 0.6) is 0 Å². The molecule has 2 N–H and O–H groups in total. The Balaban J connectivity index is 1.92. The Morgan fingerprint density at radius 3 is 3.00 bits per heavy atom. The maximum atomic E-state index is 5.02. The van der Waals surface area contributed by atoms with Crippen LogP contribution < -0.4 is 5.90 Å². The summed E-state index contributed by atoms with van der Waals surface area (Å²) in [6, 6.07) is 0.606. The predicted octanol–water partition coefficient (Wildman–Crippen LogP) is -0.173. The van der Waals surface area contributed by atoms with Crippen molar-refractivity contribution >= 4 is 0 Å². The first-order chi connectivity index (χ1) is 4.83. The van der Waals surface area contributed by atoms with Gasteiger partial charge in [-0.15, -0.1) is 0 Å². The van der Waals surface area contributed by atoms with Crippen LogP contribution in [0.1, 0.15) is 6.42 Å². The Hall–Kier alpha value is -0.120. The number of nitrogens with zero attached hydrogens (tertiary/aromatic N) is 1. The topological polar surface area (TPSA) is 38.5 Å². The maximum absolute atomic E-state index is 5.02. The van der Waals surface area contributed by atoms with E-state index in [-0.39, 0.29) is 0 Å². The van der Waals surface area contributed by atoms with E-state index in [0.717, 1.165) is 11.8 Å². The molecule has 0 bridgehead atoms. The molecule has 0 amide bonds. The third kappa shape index (κ3) is 0.856. The molecule has 0 aromatic heterocycles. The van der Waals surface area contributed by atoms with Crippen LogP contribution >= 0.6 is 0 Å². The zero-order valence-electron chi connectivity index (χ0n) is 6.29. The van der Waals surface area contributed by atoms with Crippen molar-refractivity contribution in [3.63, 3.8) is 0 Å². The fourth-order valence-corrected chi connectivity index (χ4v) is 2.13. The first-order valence-corrected chi connectivity index (χ1v) is 3.85. The summed E-state index contributed by atoms with van der Waals surface area (Å²) in [4.78, 5) is 7.00. The largest absolute Gasteiger partial charge is 0.303 e. The summed E-state index contributed by atoms with van der Waals surface area (Å²) in [6.07, 6.45) is 1.40. The number of nitrogens with two attached hydrogens (primary N) is 1. The van der Waals surface area contributed by atoms with Crippen molar-refractivity contribution < 1.29 is 4.84 Å². The van der Waals surface area contributed by atoms with Crippen LogP contribution in [0.25, 0.3) is 0 Å². The molecule has 3 nitrogen and oxygen atoms in total. The van der Waals surface area contributed by atoms with Gasteiger partial charge in [-0.25, -0.2) is 5.90 Å². The van der Waals surface area contributed by atoms with Gasteiger partial charge in [-0.05, 0) is 25.3 Å². The Kier molecular flexibility index (Phi) is 1.44. The Morgan fingerprint density at radius 2 is 2.50 bits per heavy atom. The minimum Gasteiger partial charge on any atom is -0.303 e. The minimum atomic E-state index is 0.606. The van der Waals surface area contributed by atoms with Gasteiger partial charge in [0.25, 0.3) is 0 Å². The lowest BCUT2D eigenvalue weighted by atomic mass is 10.2. The fourth-order valence-electron chi connectivity index (χ4n) is 2.13. The highest BCUT2D eigenvalue weighted by Gasteiger charge is 2.50. The van der Waals surface area contributed by atoms with E-state index in [9.17, 15) is 0 Å². The monoisotopic (exact) mass is 142 g/mol. The number of fused-ring (bicyclic) bond motifs is 1. The lowest BCUT2D eigenvalue weighted by Crippen LogP contribution is -2.34. The van der Waals surface area contributed by atoms with Gasteiger partial charge in [0.1, 0.15) is 0 Å². The molecule has 0 spiro atoms. The first-order valence-electron chi connectivity index (χ1n) is 3.85. The number of hydrogen-bond acceptors (Lipinski definition) is 3. The highest BCUT2D eigenvalue weighted by Crippen LogP contribution is 2.48. The van der Waals surface area contributed by atoms with Crippen molar-refractivity contribution in [1.29, 1.82) is 0 Å². The third-order valence-electron chi connectivity index (χ3n) is 2.83. The van der Waals surface area contributed by atoms with Gasteiger partial charge in [-0.1, -0.05) is 0 Å². The van der Waals surface area contributed by atoms with Crippen LogP contribution in [-0.4, -0.2) is 31.1 Å². The van der Waals surface area contributed by atoms with Crippen molar-refractivity contribution in [2.75, 3.05) is 20.2 Å². The smallest absolute Gasteiger partial charge is 0.0837 e. The van der Waals surface area contributed by atoms with Crippen LogP contribution in [0.3, 0.4) is 0 Å². The number of likely N-dealkylation sites (N-methyl/N-ethyl adjacent to an activating group) is 1. The van der Waals surface area contributed by atoms with E-state index >= 15 is 0 Å². The van der Waals surface area contributed by atoms with E-state index in [0.29, 0.717) is 12.6 Å². The molecule has 1 saturated carbocycles. The van der Waals surface area contributed by atoms with Crippen LogP contribution in [0.4, 0.5) is 0 Å². The molecule has 0 aromatic carbocycles. The van der Waals surface area contributed by atoms with Gasteiger partial charge >= 0.3 is 0 Å². The Bertz CT molecular complexity index is 138. The summed E-state index contributed by atoms with van der Waals surface area (Å²) in [5, 5.41) is 0. The normalized spacial score (nSPS) is 45.6. The summed E-state index contributed by atoms with van der Waals surface area (Å²) in [5.41, 5.74) is 0. The second-order valence-corrected chi connectivity index (χ2v) is 3.50. The lowest BCUT2D eigenvalue weighted by Gasteiger charge is -2.20. The molecule has 0 radical (unpaired) electrons. The van der Waals surface area contributed by atoms with E-state index in [1.807, 2.05) is 0 Å². The Morgan fingerprint density at radius 1 is 1.70 bits per heavy atom. The van der Waals surface area contributed by atoms with Crippen LogP contribution in [0.2, 0.25) is 0 Å². The summed E-state index contributed by atoms with van der Waals surface area (Å²) in [5.74, 6) is 6.88. The summed E-state index contributed by atoms with van der Waals surface area (Å²) in [6.45, 7) is 1.95. The quantitative estimate of drug-likeness (QED) is 0.544. The summed E-state index contributed by atoms with van der Waals surface area (Å²) >= 11 is 0. The predicted molar refractivity (Wildman–Crippen MR) is 38.2 cm³/mol. The molecule has 1 saturated heterocycles. The molecular formula is C7H14N2O. The minimum absolute atomic E-state index is 0.606. The molecule has 10 heavy (non-hydrogen) atoms. The van der Waals surface area contributed by atoms with Gasteiger partial charge in [-0.2, -0.15) is 0 Å². The highest BCUT2D eigenvalue weighted by molar-refractivity contribution is 5.02. The molecule has 2 aliphatic rings. The molecule has 0 aromatic rings. The van der Waals surface area contributed by atoms with Gasteiger partial charge in [0.2, 0.25) is 0 Å². The van der Waals surface area contributed by atoms with Gasteiger partial charge in [0.15, 0.2) is 0 Å². The van der Waals surface area contributed by atoms with E-state index < -0.39 is 0 Å². The van der Waals surface area contributed by atoms with Crippen molar-refractivity contribution in [1.82, 2.24) is 4.90 Å². The molecular weight excluding hydrogens is 128 g/mol. The molecule has 1 aliphatic heterocycles. The number of piperidine rings is 1. The maximum Gasteiger partial charge on any atom is 0.0837 e. The SMILES string of the molecule is CN1CC2CC2C1CON. The van der Waals surface area contributed by atoms with Crippen molar-refractivity contribution in [2.24, 2.45) is 17.7 Å². The highest BCUT2D eigenvalue weighted by atomic mass is 16.6. The van der Waals surface area contributed by atoms with Gasteiger partial charge < -0.3 is 9.74 Å². The second-order valence-electron chi connectivity index (χ2n) is 3.50. The molecule has 1 aliphatic carbocycles. The summed E-state index contributed by atoms with van der Waals surface area (Å²) < 4.78 is 0. The van der Waals surface area contributed by atoms with Crippen molar-refractivity contribution in [3.05, 3.63) is 0 Å². The molecule has 2 rings (SSSR count). The van der Waals surface area contributed by atoms with E-state index in [2.05, 4.69) is 16.8 Å². The van der Waals surface area contributed by atoms with Crippen molar-refractivity contribution in [3.8, 4) is 0 Å². The standard InChI is InChI=1S/C7H14N2O/c1-9-3-5-2-6(5)7(9)4-10-8/h5-7H,2-4,8H2,1H3. The van der Waals surface area contributed by atoms with E-state index in [1.54, 1.807) is 0 Å². The third-order valence-corrected chi connectivity index (χ3v) is 2.83. The molecule has 3 heteroatoms. The van der Waals surface area contributed by atoms with Gasteiger partial charge in [0.05, 0.1) is 6.61 Å². The lowest BCUT2D eigenvalue weighted by molar-refractivity contribution is 0.0763. The zero-order chi connectivity index (χ0) is 7.14. The average Bonchev–Trinajstić information content (AvgIpc) is 2.57. The number of rotatable bonds is 2. The molecule has 3 unspecified atom stereocenters. The van der Waals surface area contributed by atoms with Crippen LogP contribution in [-0.2, 0) is 4.84 Å². The first kappa shape index (κ1) is 6.58. The van der Waals surface area contributed by atoms with Gasteiger partial charge in [-0.3, -0.25) is 0 Å². The van der Waals surface area contributed by atoms with Crippen LogP contribution in [0.15, 0.2) is 0 Å². The van der Waals surface area contributed by atoms with Crippen LogP contribution in [0, 0.1) is 11.8 Å². The fraction of sp³-hybridized carbons (Fsp3) is 1.00. The van der Waals surface area contributed by atoms with E-state index in [4.69, 9.17) is 5.90 Å². The second kappa shape index (κ2) is 2.19. The number of likely N-dealkylation sites (tertiary alicyclic amines) is 1. The Labute approximate surface area is 61.1 Å².